The molecule has 1 aliphatic rings. The van der Waals surface area contributed by atoms with E-state index in [4.69, 9.17) is 0 Å². The van der Waals surface area contributed by atoms with Crippen molar-refractivity contribution in [3.63, 3.8) is 0 Å². The van der Waals surface area contributed by atoms with Crippen molar-refractivity contribution in [1.29, 1.82) is 0 Å². The average molecular weight is 311 g/mol. The zero-order valence-corrected chi connectivity index (χ0v) is 12.1. The van der Waals surface area contributed by atoms with Crippen LogP contribution in [0.25, 0.3) is 0 Å². The number of benzene rings is 1. The Hall–Kier alpha value is -3.29. The normalized spacial score (nSPS) is 15.6. The van der Waals surface area contributed by atoms with E-state index in [1.54, 1.807) is 18.2 Å². The van der Waals surface area contributed by atoms with Crippen molar-refractivity contribution in [1.82, 2.24) is 20.2 Å². The Morgan fingerprint density at radius 1 is 1.17 bits per heavy atom. The maximum Gasteiger partial charge on any atom is 0.327 e. The van der Waals surface area contributed by atoms with E-state index in [0.717, 1.165) is 16.8 Å². The summed E-state index contributed by atoms with van der Waals surface area (Å²) in [6.45, 7) is 1.86. The van der Waals surface area contributed by atoms with Gasteiger partial charge in [0.25, 0.3) is 5.56 Å². The number of phenols is 1. The first-order valence-corrected chi connectivity index (χ1v) is 7.02. The molecule has 0 radical (unpaired) electrons. The van der Waals surface area contributed by atoms with Crippen molar-refractivity contribution in [2.75, 3.05) is 5.32 Å². The number of nitrogens with zero attached hydrogens (tertiary/aromatic N) is 1. The van der Waals surface area contributed by atoms with Crippen molar-refractivity contribution in [2.24, 2.45) is 0 Å². The molecular formula is C15H13N5O3. The number of aromatic hydroxyl groups is 1. The lowest BCUT2D eigenvalue weighted by Crippen LogP contribution is -2.31. The lowest BCUT2D eigenvalue weighted by molar-refractivity contribution is 0.474. The predicted octanol–water partition coefficient (Wildman–Crippen LogP) is 1.04. The fourth-order valence-corrected chi connectivity index (χ4v) is 3.06. The second kappa shape index (κ2) is 4.60. The molecule has 0 saturated carbocycles. The molecule has 23 heavy (non-hydrogen) atoms. The van der Waals surface area contributed by atoms with Gasteiger partial charge in [0.2, 0.25) is 0 Å². The van der Waals surface area contributed by atoms with Gasteiger partial charge in [0.15, 0.2) is 5.82 Å². The lowest BCUT2D eigenvalue weighted by Gasteiger charge is -2.25. The highest BCUT2D eigenvalue weighted by atomic mass is 16.3. The molecular weight excluding hydrogens is 298 g/mol. The summed E-state index contributed by atoms with van der Waals surface area (Å²) in [5.41, 5.74) is 1.66. The van der Waals surface area contributed by atoms with E-state index < -0.39 is 17.2 Å². The number of nitrogens with one attached hydrogen (secondary N) is 4. The summed E-state index contributed by atoms with van der Waals surface area (Å²) >= 11 is 0. The highest BCUT2D eigenvalue weighted by Crippen LogP contribution is 2.43. The number of hydrogen-bond donors (Lipinski definition) is 5. The number of aryl methyl sites for hydroxylation is 1. The van der Waals surface area contributed by atoms with Gasteiger partial charge in [-0.3, -0.25) is 19.9 Å². The Kier molecular flexibility index (Phi) is 2.68. The number of aromatic nitrogens is 4. The summed E-state index contributed by atoms with van der Waals surface area (Å²) in [5, 5.41) is 19.8. The zero-order valence-electron chi connectivity index (χ0n) is 12.1. The highest BCUT2D eigenvalue weighted by Gasteiger charge is 2.33. The average Bonchev–Trinajstić information content (AvgIpc) is 2.86. The van der Waals surface area contributed by atoms with E-state index in [0.29, 0.717) is 17.2 Å². The van der Waals surface area contributed by atoms with Crippen LogP contribution in [-0.2, 0) is 0 Å². The predicted molar refractivity (Wildman–Crippen MR) is 83.3 cm³/mol. The van der Waals surface area contributed by atoms with Gasteiger partial charge in [-0.05, 0) is 24.6 Å². The molecule has 2 aromatic heterocycles. The fourth-order valence-electron chi connectivity index (χ4n) is 3.06. The molecule has 8 heteroatoms. The van der Waals surface area contributed by atoms with Crippen LogP contribution in [0.4, 0.5) is 11.6 Å². The molecule has 0 fully saturated rings. The van der Waals surface area contributed by atoms with Crippen LogP contribution < -0.4 is 16.6 Å². The van der Waals surface area contributed by atoms with Crippen molar-refractivity contribution in [3.05, 3.63) is 67.5 Å². The maximum atomic E-state index is 12.4. The van der Waals surface area contributed by atoms with Gasteiger partial charge in [-0.1, -0.05) is 12.1 Å². The number of anilines is 2. The van der Waals surface area contributed by atoms with Crippen LogP contribution in [0.2, 0.25) is 0 Å². The van der Waals surface area contributed by atoms with Crippen molar-refractivity contribution in [3.8, 4) is 5.75 Å². The van der Waals surface area contributed by atoms with Crippen molar-refractivity contribution < 1.29 is 5.11 Å². The van der Waals surface area contributed by atoms with E-state index in [9.17, 15) is 14.7 Å². The Morgan fingerprint density at radius 3 is 2.78 bits per heavy atom. The van der Waals surface area contributed by atoms with E-state index >= 15 is 0 Å². The smallest absolute Gasteiger partial charge is 0.327 e. The van der Waals surface area contributed by atoms with E-state index in [1.165, 1.54) is 0 Å². The third-order valence-corrected chi connectivity index (χ3v) is 4.00. The molecule has 4 rings (SSSR count). The second-order valence-electron chi connectivity index (χ2n) is 5.46. The van der Waals surface area contributed by atoms with Crippen molar-refractivity contribution in [2.45, 2.75) is 12.8 Å². The molecule has 8 nitrogen and oxygen atoms in total. The molecule has 1 aliphatic heterocycles. The fraction of sp³-hybridized carbons (Fsp3) is 0.133. The number of aromatic amines is 3. The van der Waals surface area contributed by atoms with Gasteiger partial charge in [-0.15, -0.1) is 0 Å². The summed E-state index contributed by atoms with van der Waals surface area (Å²) in [6.07, 6.45) is 0. The molecule has 3 aromatic rings. The number of rotatable bonds is 1. The first-order valence-electron chi connectivity index (χ1n) is 7.02. The van der Waals surface area contributed by atoms with Gasteiger partial charge in [-0.2, -0.15) is 5.10 Å². The van der Waals surface area contributed by atoms with Gasteiger partial charge in [0.1, 0.15) is 11.6 Å². The Bertz CT molecular complexity index is 1030. The molecule has 5 N–H and O–H groups in total. The first-order chi connectivity index (χ1) is 11.0. The topological polar surface area (TPSA) is 127 Å². The zero-order chi connectivity index (χ0) is 16.1. The van der Waals surface area contributed by atoms with Gasteiger partial charge < -0.3 is 10.4 Å². The molecule has 116 valence electrons. The number of hydrogen-bond acceptors (Lipinski definition) is 5. The van der Waals surface area contributed by atoms with Gasteiger partial charge >= 0.3 is 5.69 Å². The monoisotopic (exact) mass is 311 g/mol. The minimum Gasteiger partial charge on any atom is -0.508 e. The minimum atomic E-state index is -0.591. The standard InChI is InChI=1S/C15H13N5O3/c1-6-9-10(7-3-2-4-8(21)5-7)11-12(16-13(9)20-19-6)17-15(23)18-14(11)22/h2-5,10,21H,1H3,(H4,16,17,18,19,20,22,23)/t10-/m0/s1. The van der Waals surface area contributed by atoms with Crippen LogP contribution in [0.15, 0.2) is 33.9 Å². The highest BCUT2D eigenvalue weighted by molar-refractivity contribution is 5.71. The molecule has 0 aliphatic carbocycles. The summed E-state index contributed by atoms with van der Waals surface area (Å²) in [6, 6.07) is 6.69. The molecule has 0 unspecified atom stereocenters. The molecule has 0 spiro atoms. The number of fused-ring (bicyclic) bond motifs is 2. The van der Waals surface area contributed by atoms with Crippen LogP contribution in [0.1, 0.15) is 28.3 Å². The van der Waals surface area contributed by atoms with Gasteiger partial charge in [-0.25, -0.2) is 4.79 Å². The van der Waals surface area contributed by atoms with E-state index in [2.05, 4.69) is 25.5 Å². The third kappa shape index (κ3) is 1.95. The minimum absolute atomic E-state index is 0.103. The largest absolute Gasteiger partial charge is 0.508 e. The Morgan fingerprint density at radius 2 is 2.00 bits per heavy atom. The maximum absolute atomic E-state index is 12.4. The van der Waals surface area contributed by atoms with Gasteiger partial charge in [0.05, 0.1) is 5.56 Å². The Balaban J connectivity index is 2.07. The quantitative estimate of drug-likeness (QED) is 0.359. The number of H-pyrrole nitrogens is 3. The van der Waals surface area contributed by atoms with E-state index in [1.807, 2.05) is 13.0 Å². The molecule has 1 atom stereocenters. The second-order valence-corrected chi connectivity index (χ2v) is 5.46. The summed E-state index contributed by atoms with van der Waals surface area (Å²) in [4.78, 5) is 28.8. The van der Waals surface area contributed by atoms with Crippen LogP contribution in [0.3, 0.4) is 0 Å². The van der Waals surface area contributed by atoms with Crippen molar-refractivity contribution >= 4 is 11.6 Å². The molecule has 3 heterocycles. The van der Waals surface area contributed by atoms with Crippen LogP contribution >= 0.6 is 0 Å². The molecule has 0 bridgehead atoms. The van der Waals surface area contributed by atoms with Crippen LogP contribution in [0.5, 0.6) is 5.75 Å². The lowest BCUT2D eigenvalue weighted by atomic mass is 9.83. The molecule has 1 aromatic carbocycles. The summed E-state index contributed by atoms with van der Waals surface area (Å²) < 4.78 is 0. The van der Waals surface area contributed by atoms with E-state index in [-0.39, 0.29) is 5.75 Å². The number of phenolic OH excluding ortho intramolecular Hbond substituents is 1. The van der Waals surface area contributed by atoms with Gasteiger partial charge in [0, 0.05) is 17.2 Å². The first kappa shape index (κ1) is 13.4. The van der Waals surface area contributed by atoms with Crippen LogP contribution in [-0.4, -0.2) is 25.3 Å². The third-order valence-electron chi connectivity index (χ3n) is 4.00. The van der Waals surface area contributed by atoms with Crippen LogP contribution in [0, 0.1) is 6.92 Å². The summed E-state index contributed by atoms with van der Waals surface area (Å²) in [7, 11) is 0. The molecule has 0 saturated heterocycles. The SMILES string of the molecule is Cc1[nH]nc2c1[C@H](c1cccc(O)c1)c1c([nH]c(=O)[nH]c1=O)N2. The molecule has 0 amide bonds. The Labute approximate surface area is 129 Å². The summed E-state index contributed by atoms with van der Waals surface area (Å²) in [5.74, 6) is 0.509.